The summed E-state index contributed by atoms with van der Waals surface area (Å²) < 4.78 is 0. The van der Waals surface area contributed by atoms with Gasteiger partial charge in [-0.2, -0.15) is 0 Å². The van der Waals surface area contributed by atoms with E-state index in [2.05, 4.69) is 24.1 Å². The van der Waals surface area contributed by atoms with Crippen molar-refractivity contribution < 1.29 is 0 Å². The molecule has 2 saturated carbocycles. The van der Waals surface area contributed by atoms with Crippen LogP contribution in [0.2, 0.25) is 0 Å². The van der Waals surface area contributed by atoms with Crippen LogP contribution in [0, 0.1) is 17.8 Å². The number of hydrogen-bond acceptors (Lipinski definition) is 2. The molecule has 122 valence electrons. The van der Waals surface area contributed by atoms with Crippen LogP contribution in [-0.4, -0.2) is 36.6 Å². The van der Waals surface area contributed by atoms with Crippen LogP contribution in [0.15, 0.2) is 0 Å². The van der Waals surface area contributed by atoms with Crippen LogP contribution >= 0.6 is 0 Å². The quantitative estimate of drug-likeness (QED) is 0.822. The van der Waals surface area contributed by atoms with E-state index < -0.39 is 0 Å². The fraction of sp³-hybridized carbons (Fsp3) is 1.00. The van der Waals surface area contributed by atoms with Gasteiger partial charge in [-0.15, -0.1) is 0 Å². The van der Waals surface area contributed by atoms with Gasteiger partial charge in [-0.05, 0) is 43.6 Å². The van der Waals surface area contributed by atoms with Gasteiger partial charge in [0.2, 0.25) is 0 Å². The number of hydrogen-bond donors (Lipinski definition) is 1. The lowest BCUT2D eigenvalue weighted by molar-refractivity contribution is 0.0631. The molecule has 3 rings (SSSR count). The van der Waals surface area contributed by atoms with Crippen LogP contribution in [-0.2, 0) is 0 Å². The predicted molar refractivity (Wildman–Crippen MR) is 90.5 cm³/mol. The van der Waals surface area contributed by atoms with Crippen molar-refractivity contribution in [3.05, 3.63) is 0 Å². The molecule has 3 aliphatic rings. The Balaban J connectivity index is 1.54. The summed E-state index contributed by atoms with van der Waals surface area (Å²) in [5.74, 6) is 2.80. The summed E-state index contributed by atoms with van der Waals surface area (Å²) in [5.41, 5.74) is 0. The molecular weight excluding hydrogens is 256 g/mol. The van der Waals surface area contributed by atoms with E-state index in [1.165, 1.54) is 77.4 Å². The Morgan fingerprint density at radius 2 is 1.76 bits per heavy atom. The van der Waals surface area contributed by atoms with Crippen LogP contribution in [0.4, 0.5) is 0 Å². The number of rotatable bonds is 5. The molecule has 0 amide bonds. The third-order valence-corrected chi connectivity index (χ3v) is 6.53. The van der Waals surface area contributed by atoms with Crippen molar-refractivity contribution in [1.29, 1.82) is 0 Å². The highest BCUT2D eigenvalue weighted by Crippen LogP contribution is 2.32. The third kappa shape index (κ3) is 4.01. The van der Waals surface area contributed by atoms with Crippen molar-refractivity contribution in [3.63, 3.8) is 0 Å². The van der Waals surface area contributed by atoms with Crippen molar-refractivity contribution in [2.45, 2.75) is 83.7 Å². The lowest BCUT2D eigenvalue weighted by Gasteiger charge is -2.46. The van der Waals surface area contributed by atoms with Crippen molar-refractivity contribution in [3.8, 4) is 0 Å². The molecule has 1 saturated heterocycles. The lowest BCUT2D eigenvalue weighted by atomic mass is 9.81. The molecule has 0 spiro atoms. The van der Waals surface area contributed by atoms with Crippen molar-refractivity contribution >= 4 is 0 Å². The Morgan fingerprint density at radius 1 is 1.00 bits per heavy atom. The second-order valence-corrected chi connectivity index (χ2v) is 8.30. The molecule has 0 aromatic heterocycles. The average molecular weight is 293 g/mol. The predicted octanol–water partition coefficient (Wildman–Crippen LogP) is 4.06. The Morgan fingerprint density at radius 3 is 2.38 bits per heavy atom. The van der Waals surface area contributed by atoms with E-state index >= 15 is 0 Å². The minimum absolute atomic E-state index is 0.768. The normalized spacial score (nSPS) is 33.3. The number of piperazine rings is 1. The van der Waals surface area contributed by atoms with Gasteiger partial charge in [-0.1, -0.05) is 52.4 Å². The van der Waals surface area contributed by atoms with Gasteiger partial charge in [-0.3, -0.25) is 4.90 Å². The molecule has 1 N–H and O–H groups in total. The van der Waals surface area contributed by atoms with Gasteiger partial charge in [0.1, 0.15) is 0 Å². The van der Waals surface area contributed by atoms with Gasteiger partial charge in [0.15, 0.2) is 0 Å². The second-order valence-electron chi connectivity index (χ2n) is 8.30. The smallest absolute Gasteiger partial charge is 0.0244 e. The third-order valence-electron chi connectivity index (χ3n) is 6.53. The highest BCUT2D eigenvalue weighted by molar-refractivity contribution is 4.92. The van der Waals surface area contributed by atoms with Gasteiger partial charge in [0, 0.05) is 25.2 Å². The van der Waals surface area contributed by atoms with E-state index in [1.807, 2.05) is 0 Å². The minimum atomic E-state index is 0.768. The summed E-state index contributed by atoms with van der Waals surface area (Å²) in [4.78, 5) is 2.86. The van der Waals surface area contributed by atoms with Crippen LogP contribution in [0.1, 0.15) is 71.6 Å². The van der Waals surface area contributed by atoms with Crippen LogP contribution in [0.5, 0.6) is 0 Å². The maximum atomic E-state index is 3.92. The number of nitrogens with one attached hydrogen (secondary N) is 1. The van der Waals surface area contributed by atoms with Crippen molar-refractivity contribution in [2.75, 3.05) is 19.6 Å². The zero-order valence-electron chi connectivity index (χ0n) is 14.3. The molecule has 2 unspecified atom stereocenters. The van der Waals surface area contributed by atoms with E-state index in [4.69, 9.17) is 0 Å². The average Bonchev–Trinajstić information content (AvgIpc) is 2.46. The summed E-state index contributed by atoms with van der Waals surface area (Å²) in [7, 11) is 0. The molecule has 21 heavy (non-hydrogen) atoms. The first kappa shape index (κ1) is 15.8. The molecule has 2 nitrogen and oxygen atoms in total. The lowest BCUT2D eigenvalue weighted by Crippen LogP contribution is -2.60. The van der Waals surface area contributed by atoms with Gasteiger partial charge in [-0.25, -0.2) is 0 Å². The topological polar surface area (TPSA) is 15.3 Å². The summed E-state index contributed by atoms with van der Waals surface area (Å²) >= 11 is 0. The zero-order chi connectivity index (χ0) is 14.7. The Kier molecular flexibility index (Phi) is 5.61. The van der Waals surface area contributed by atoms with Gasteiger partial charge in [0.05, 0.1) is 0 Å². The molecule has 2 atom stereocenters. The summed E-state index contributed by atoms with van der Waals surface area (Å²) in [6, 6.07) is 1.55. The first-order chi connectivity index (χ1) is 10.2. The highest BCUT2D eigenvalue weighted by Gasteiger charge is 2.34. The van der Waals surface area contributed by atoms with Crippen molar-refractivity contribution in [1.82, 2.24) is 10.2 Å². The highest BCUT2D eigenvalue weighted by atomic mass is 15.2. The molecular formula is C19H36N2. The largest absolute Gasteiger partial charge is 0.311 e. The van der Waals surface area contributed by atoms with E-state index in [0.29, 0.717) is 0 Å². The molecule has 0 bridgehead atoms. The zero-order valence-corrected chi connectivity index (χ0v) is 14.3. The Bertz CT molecular complexity index is 305. The van der Waals surface area contributed by atoms with E-state index in [0.717, 1.165) is 29.8 Å². The van der Waals surface area contributed by atoms with E-state index in [-0.39, 0.29) is 0 Å². The molecule has 2 heteroatoms. The first-order valence-electron chi connectivity index (χ1n) is 9.71. The fourth-order valence-electron chi connectivity index (χ4n) is 4.75. The number of nitrogens with zero attached hydrogens (tertiary/aromatic N) is 1. The minimum Gasteiger partial charge on any atom is -0.311 e. The molecule has 0 radical (unpaired) electrons. The summed E-state index contributed by atoms with van der Waals surface area (Å²) in [6.45, 7) is 8.72. The first-order valence-corrected chi connectivity index (χ1v) is 9.71. The molecule has 1 heterocycles. The molecule has 3 fully saturated rings. The van der Waals surface area contributed by atoms with Crippen LogP contribution < -0.4 is 5.32 Å². The Hall–Kier alpha value is -0.0800. The SMILES string of the molecule is CC(C)C1CNC(C2CCCCC2)CN1CCC1CCC1. The Labute approximate surface area is 132 Å². The van der Waals surface area contributed by atoms with Crippen molar-refractivity contribution in [2.24, 2.45) is 17.8 Å². The van der Waals surface area contributed by atoms with E-state index in [1.54, 1.807) is 0 Å². The van der Waals surface area contributed by atoms with Crippen LogP contribution in [0.25, 0.3) is 0 Å². The molecule has 0 aromatic carbocycles. The molecule has 1 aliphatic heterocycles. The standard InChI is InChI=1S/C19H36N2/c1-15(2)19-13-20-18(17-9-4-3-5-10-17)14-21(19)12-11-16-7-6-8-16/h15-20H,3-14H2,1-2H3. The summed E-state index contributed by atoms with van der Waals surface area (Å²) in [5, 5.41) is 3.92. The summed E-state index contributed by atoms with van der Waals surface area (Å²) in [6.07, 6.45) is 13.3. The molecule has 0 aromatic rings. The van der Waals surface area contributed by atoms with Gasteiger partial charge >= 0.3 is 0 Å². The maximum Gasteiger partial charge on any atom is 0.0244 e. The van der Waals surface area contributed by atoms with Gasteiger partial charge in [0.25, 0.3) is 0 Å². The molecule has 2 aliphatic carbocycles. The van der Waals surface area contributed by atoms with Gasteiger partial charge < -0.3 is 5.32 Å². The van der Waals surface area contributed by atoms with E-state index in [9.17, 15) is 0 Å². The van der Waals surface area contributed by atoms with Crippen LogP contribution in [0.3, 0.4) is 0 Å². The monoisotopic (exact) mass is 292 g/mol. The second kappa shape index (κ2) is 7.46. The maximum absolute atomic E-state index is 3.92. The fourth-order valence-corrected chi connectivity index (χ4v) is 4.75.